The molecule has 1 aromatic rings. The largest absolute Gasteiger partial charge is 0.398 e. The Hall–Kier alpha value is -1.56. The predicted molar refractivity (Wildman–Crippen MR) is 77.0 cm³/mol. The van der Waals surface area contributed by atoms with Crippen LogP contribution in [0.15, 0.2) is 23.1 Å². The van der Waals surface area contributed by atoms with Gasteiger partial charge in [-0.2, -0.15) is 5.26 Å². The highest BCUT2D eigenvalue weighted by molar-refractivity contribution is 8.13. The van der Waals surface area contributed by atoms with Crippen LogP contribution < -0.4 is 5.73 Å². The Kier molecular flexibility index (Phi) is 6.21. The van der Waals surface area contributed by atoms with Crippen LogP contribution in [-0.2, 0) is 4.79 Å². The van der Waals surface area contributed by atoms with Crippen LogP contribution in [0.2, 0.25) is 0 Å². The van der Waals surface area contributed by atoms with Crippen molar-refractivity contribution in [3.63, 3.8) is 0 Å². The van der Waals surface area contributed by atoms with Gasteiger partial charge in [0, 0.05) is 35.2 Å². The zero-order valence-electron chi connectivity index (χ0n) is 9.90. The van der Waals surface area contributed by atoms with Crippen molar-refractivity contribution in [3.8, 4) is 17.2 Å². The summed E-state index contributed by atoms with van der Waals surface area (Å²) in [5.74, 6) is 6.62. The first-order valence-corrected chi connectivity index (χ1v) is 7.01. The lowest BCUT2D eigenvalue weighted by Crippen LogP contribution is -1.90. The highest BCUT2D eigenvalue weighted by Gasteiger charge is 1.99. The van der Waals surface area contributed by atoms with Crippen LogP contribution in [0, 0.1) is 22.5 Å². The minimum Gasteiger partial charge on any atom is -0.398 e. The fourth-order valence-corrected chi connectivity index (χ4v) is 2.07. The smallest absolute Gasteiger partial charge is 0.185 e. The van der Waals surface area contributed by atoms with Crippen molar-refractivity contribution in [2.75, 3.05) is 11.5 Å². The van der Waals surface area contributed by atoms with Gasteiger partial charge in [-0.3, -0.25) is 4.79 Å². The third kappa shape index (κ3) is 5.18. The van der Waals surface area contributed by atoms with Crippen molar-refractivity contribution >= 4 is 34.3 Å². The number of carbonyl (C=O) groups excluding carboxylic acids is 1. The molecule has 0 atom stereocenters. The lowest BCUT2D eigenvalue weighted by Gasteiger charge is -1.99. The highest BCUT2D eigenvalue weighted by Crippen LogP contribution is 2.21. The van der Waals surface area contributed by atoms with Crippen molar-refractivity contribution < 1.29 is 4.79 Å². The second-order valence-corrected chi connectivity index (χ2v) is 5.46. The van der Waals surface area contributed by atoms with Gasteiger partial charge in [-0.05, 0) is 30.0 Å². The fourth-order valence-electron chi connectivity index (χ4n) is 1.16. The van der Waals surface area contributed by atoms with Crippen LogP contribution in [0.25, 0.3) is 0 Å². The number of thiocyanates is 1. The van der Waals surface area contributed by atoms with Crippen LogP contribution in [0.1, 0.15) is 18.9 Å². The molecule has 0 aliphatic rings. The summed E-state index contributed by atoms with van der Waals surface area (Å²) in [5, 5.41) is 10.7. The average molecular weight is 276 g/mol. The molecule has 18 heavy (non-hydrogen) atoms. The molecule has 2 N–H and O–H groups in total. The number of nitrogen functional groups attached to an aromatic ring is 1. The number of hydrogen-bond acceptors (Lipinski definition) is 5. The molecule has 5 heteroatoms. The van der Waals surface area contributed by atoms with Gasteiger partial charge in [0.1, 0.15) is 5.40 Å². The first kappa shape index (κ1) is 14.5. The minimum atomic E-state index is 0.101. The highest BCUT2D eigenvalue weighted by atomic mass is 32.2. The van der Waals surface area contributed by atoms with Gasteiger partial charge in [-0.15, -0.1) is 0 Å². The summed E-state index contributed by atoms with van der Waals surface area (Å²) in [6.07, 6.45) is 0.638. The minimum absolute atomic E-state index is 0.101. The van der Waals surface area contributed by atoms with Gasteiger partial charge in [-0.25, -0.2) is 0 Å². The fraction of sp³-hybridized carbons (Fsp3) is 0.231. The topological polar surface area (TPSA) is 66.9 Å². The lowest BCUT2D eigenvalue weighted by molar-refractivity contribution is -0.109. The van der Waals surface area contributed by atoms with Gasteiger partial charge >= 0.3 is 0 Å². The SMILES string of the molecule is CC(=O)SCCC#Cc1cc(SC#N)ccc1N. The Labute approximate surface area is 115 Å². The molecule has 0 radical (unpaired) electrons. The van der Waals surface area contributed by atoms with Gasteiger partial charge in [0.15, 0.2) is 5.12 Å². The maximum Gasteiger partial charge on any atom is 0.185 e. The van der Waals surface area contributed by atoms with E-state index in [2.05, 4.69) is 11.8 Å². The molecule has 0 heterocycles. The van der Waals surface area contributed by atoms with E-state index in [9.17, 15) is 4.79 Å². The number of thioether (sulfide) groups is 2. The number of nitrogens with zero attached hydrogens (tertiary/aromatic N) is 1. The van der Waals surface area contributed by atoms with E-state index in [4.69, 9.17) is 11.0 Å². The average Bonchev–Trinajstić information content (AvgIpc) is 2.32. The van der Waals surface area contributed by atoms with E-state index in [1.54, 1.807) is 25.1 Å². The molecule has 0 saturated carbocycles. The van der Waals surface area contributed by atoms with Gasteiger partial charge in [0.2, 0.25) is 0 Å². The molecular weight excluding hydrogens is 264 g/mol. The molecule has 1 rings (SSSR count). The number of carbonyl (C=O) groups is 1. The number of hydrogen-bond donors (Lipinski definition) is 1. The molecular formula is C13H12N2OS2. The first-order chi connectivity index (χ1) is 8.63. The van der Waals surface area contributed by atoms with E-state index >= 15 is 0 Å². The van der Waals surface area contributed by atoms with Crippen LogP contribution in [0.4, 0.5) is 5.69 Å². The summed E-state index contributed by atoms with van der Waals surface area (Å²) in [7, 11) is 0. The van der Waals surface area contributed by atoms with Crippen molar-refractivity contribution in [2.45, 2.75) is 18.2 Å². The van der Waals surface area contributed by atoms with Crippen LogP contribution in [-0.4, -0.2) is 10.9 Å². The number of rotatable bonds is 3. The van der Waals surface area contributed by atoms with E-state index < -0.39 is 0 Å². The summed E-state index contributed by atoms with van der Waals surface area (Å²) in [6.45, 7) is 1.54. The molecule has 0 saturated heterocycles. The third-order valence-electron chi connectivity index (χ3n) is 1.94. The van der Waals surface area contributed by atoms with Crippen LogP contribution in [0.3, 0.4) is 0 Å². The van der Waals surface area contributed by atoms with Crippen LogP contribution >= 0.6 is 23.5 Å². The number of nitrogens with two attached hydrogens (primary N) is 1. The normalized spacial score (nSPS) is 9.11. The molecule has 0 aliphatic heterocycles. The van der Waals surface area contributed by atoms with Gasteiger partial charge < -0.3 is 5.73 Å². The summed E-state index contributed by atoms with van der Waals surface area (Å²) in [4.78, 5) is 11.5. The van der Waals surface area contributed by atoms with Crippen molar-refractivity contribution in [1.29, 1.82) is 5.26 Å². The Morgan fingerprint density at radius 1 is 1.50 bits per heavy atom. The molecule has 0 fully saturated rings. The zero-order valence-corrected chi connectivity index (χ0v) is 11.5. The monoisotopic (exact) mass is 276 g/mol. The van der Waals surface area contributed by atoms with Gasteiger partial charge in [-0.1, -0.05) is 23.6 Å². The Bertz CT molecular complexity index is 538. The molecule has 0 bridgehead atoms. The maximum atomic E-state index is 10.7. The van der Waals surface area contributed by atoms with E-state index in [-0.39, 0.29) is 5.12 Å². The molecule has 0 amide bonds. The summed E-state index contributed by atoms with van der Waals surface area (Å²) < 4.78 is 0. The van der Waals surface area contributed by atoms with E-state index in [1.807, 2.05) is 5.40 Å². The lowest BCUT2D eigenvalue weighted by atomic mass is 10.2. The second-order valence-electron chi connectivity index (χ2n) is 3.33. The Morgan fingerprint density at radius 2 is 2.28 bits per heavy atom. The Balaban J connectivity index is 2.66. The molecule has 92 valence electrons. The Morgan fingerprint density at radius 3 is 2.94 bits per heavy atom. The molecule has 0 spiro atoms. The number of benzene rings is 1. The van der Waals surface area contributed by atoms with E-state index in [1.165, 1.54) is 11.8 Å². The maximum absolute atomic E-state index is 10.7. The molecule has 3 nitrogen and oxygen atoms in total. The third-order valence-corrected chi connectivity index (χ3v) is 3.34. The zero-order chi connectivity index (χ0) is 13.4. The second kappa shape index (κ2) is 7.71. The van der Waals surface area contributed by atoms with Crippen molar-refractivity contribution in [3.05, 3.63) is 23.8 Å². The molecule has 1 aromatic carbocycles. The molecule has 0 aliphatic carbocycles. The van der Waals surface area contributed by atoms with Crippen molar-refractivity contribution in [2.24, 2.45) is 0 Å². The number of nitriles is 1. The first-order valence-electron chi connectivity index (χ1n) is 5.21. The number of anilines is 1. The van der Waals surface area contributed by atoms with Gasteiger partial charge in [0.25, 0.3) is 0 Å². The summed E-state index contributed by atoms with van der Waals surface area (Å²) >= 11 is 2.34. The standard InChI is InChI=1S/C13H12N2OS2/c1-10(16)17-7-3-2-4-11-8-12(18-9-14)5-6-13(11)15/h5-6,8H,3,7,15H2,1H3. The van der Waals surface area contributed by atoms with Crippen LogP contribution in [0.5, 0.6) is 0 Å². The summed E-state index contributed by atoms with van der Waals surface area (Å²) in [6, 6.07) is 5.34. The van der Waals surface area contributed by atoms with E-state index in [0.717, 1.165) is 22.2 Å². The van der Waals surface area contributed by atoms with Gasteiger partial charge in [0.05, 0.1) is 0 Å². The van der Waals surface area contributed by atoms with Crippen molar-refractivity contribution in [1.82, 2.24) is 0 Å². The molecule has 0 aromatic heterocycles. The van der Waals surface area contributed by atoms with E-state index in [0.29, 0.717) is 17.9 Å². The summed E-state index contributed by atoms with van der Waals surface area (Å²) in [5.41, 5.74) is 7.12. The quantitative estimate of drug-likeness (QED) is 0.302. The molecule has 0 unspecified atom stereocenters. The predicted octanol–water partition coefficient (Wildman–Crippen LogP) is 2.86.